The third-order valence-corrected chi connectivity index (χ3v) is 3.96. The van der Waals surface area contributed by atoms with E-state index in [1.165, 1.54) is 4.90 Å². The molecule has 1 aromatic heterocycles. The Labute approximate surface area is 126 Å². The molecule has 0 saturated heterocycles. The highest BCUT2D eigenvalue weighted by Crippen LogP contribution is 2.22. The first-order valence-corrected chi connectivity index (χ1v) is 7.56. The van der Waals surface area contributed by atoms with Gasteiger partial charge in [-0.15, -0.1) is 11.8 Å². The molecule has 0 saturated carbocycles. The number of rotatable bonds is 5. The zero-order valence-corrected chi connectivity index (χ0v) is 12.1. The Morgan fingerprint density at radius 3 is 2.57 bits per heavy atom. The molecule has 0 aliphatic heterocycles. The van der Waals surface area contributed by atoms with Gasteiger partial charge < -0.3 is 9.63 Å². The van der Waals surface area contributed by atoms with Crippen LogP contribution in [0.4, 0.5) is 0 Å². The van der Waals surface area contributed by atoms with Crippen LogP contribution in [0.2, 0.25) is 0 Å². The Bertz CT molecular complexity index is 713. The van der Waals surface area contributed by atoms with Crippen molar-refractivity contribution in [1.82, 2.24) is 10.1 Å². The van der Waals surface area contributed by atoms with Crippen molar-refractivity contribution in [3.63, 3.8) is 0 Å². The van der Waals surface area contributed by atoms with Gasteiger partial charge in [0, 0.05) is 10.5 Å². The predicted molar refractivity (Wildman–Crippen MR) is 81.2 cm³/mol. The summed E-state index contributed by atoms with van der Waals surface area (Å²) in [5.41, 5.74) is 0.781. The molecule has 0 aliphatic carbocycles. The van der Waals surface area contributed by atoms with E-state index in [-0.39, 0.29) is 5.75 Å². The fourth-order valence-corrected chi connectivity index (χ4v) is 2.67. The summed E-state index contributed by atoms with van der Waals surface area (Å²) in [6.07, 6.45) is 0.440. The molecule has 5 heteroatoms. The van der Waals surface area contributed by atoms with E-state index in [0.29, 0.717) is 23.9 Å². The van der Waals surface area contributed by atoms with Crippen LogP contribution in [0.3, 0.4) is 0 Å². The summed E-state index contributed by atoms with van der Waals surface area (Å²) in [6.45, 7) is 0. The molecule has 0 atom stereocenters. The Morgan fingerprint density at radius 1 is 1.00 bits per heavy atom. The second-order valence-electron chi connectivity index (χ2n) is 4.51. The predicted octanol–water partition coefficient (Wildman–Crippen LogP) is 3.66. The number of nitrogens with zero attached hydrogens (tertiary/aromatic N) is 2. The van der Waals surface area contributed by atoms with Gasteiger partial charge in [-0.2, -0.15) is 4.98 Å². The quantitative estimate of drug-likeness (QED) is 0.728. The second-order valence-corrected chi connectivity index (χ2v) is 5.56. The molecule has 1 N–H and O–H groups in total. The number of aromatic hydroxyl groups is 1. The maximum Gasteiger partial charge on any atom is 0.231 e. The fraction of sp³-hybridized carbons (Fsp3) is 0.125. The molecule has 3 aromatic rings. The summed E-state index contributed by atoms with van der Waals surface area (Å²) < 4.78 is 5.23. The highest BCUT2D eigenvalue weighted by Gasteiger charge is 2.09. The van der Waals surface area contributed by atoms with E-state index in [2.05, 4.69) is 10.1 Å². The Hall–Kier alpha value is -2.27. The van der Waals surface area contributed by atoms with Crippen LogP contribution in [0.25, 0.3) is 0 Å². The fourth-order valence-electron chi connectivity index (χ4n) is 1.91. The third-order valence-electron chi connectivity index (χ3n) is 2.95. The van der Waals surface area contributed by atoms with Gasteiger partial charge >= 0.3 is 0 Å². The maximum atomic E-state index is 9.74. The SMILES string of the molecule is Oc1ccccc1Cc1nc(CSc2ccccc2)no1. The van der Waals surface area contributed by atoms with E-state index < -0.39 is 0 Å². The molecule has 0 fully saturated rings. The maximum absolute atomic E-state index is 9.74. The lowest BCUT2D eigenvalue weighted by atomic mass is 10.1. The summed E-state index contributed by atoms with van der Waals surface area (Å²) in [5.74, 6) is 2.08. The number of thioether (sulfide) groups is 1. The first-order chi connectivity index (χ1) is 10.3. The van der Waals surface area contributed by atoms with Crippen LogP contribution in [0, 0.1) is 0 Å². The molecule has 0 bridgehead atoms. The molecule has 0 unspecified atom stereocenters. The van der Waals surface area contributed by atoms with E-state index >= 15 is 0 Å². The highest BCUT2D eigenvalue weighted by molar-refractivity contribution is 7.98. The lowest BCUT2D eigenvalue weighted by molar-refractivity contribution is 0.378. The van der Waals surface area contributed by atoms with Crippen molar-refractivity contribution in [2.24, 2.45) is 0 Å². The van der Waals surface area contributed by atoms with Crippen molar-refractivity contribution in [3.05, 3.63) is 71.9 Å². The minimum atomic E-state index is 0.246. The van der Waals surface area contributed by atoms with Gasteiger partial charge in [-0.3, -0.25) is 0 Å². The van der Waals surface area contributed by atoms with Crippen molar-refractivity contribution in [2.45, 2.75) is 17.1 Å². The van der Waals surface area contributed by atoms with Crippen LogP contribution in [0.15, 0.2) is 64.0 Å². The van der Waals surface area contributed by atoms with E-state index in [4.69, 9.17) is 4.52 Å². The molecule has 0 radical (unpaired) electrons. The summed E-state index contributed by atoms with van der Waals surface area (Å²) in [7, 11) is 0. The van der Waals surface area contributed by atoms with Crippen molar-refractivity contribution in [3.8, 4) is 5.75 Å². The van der Waals surface area contributed by atoms with Gasteiger partial charge in [-0.05, 0) is 18.2 Å². The van der Waals surface area contributed by atoms with Crippen molar-refractivity contribution >= 4 is 11.8 Å². The summed E-state index contributed by atoms with van der Waals surface area (Å²) in [6, 6.07) is 17.2. The topological polar surface area (TPSA) is 59.2 Å². The second kappa shape index (κ2) is 6.45. The first kappa shape index (κ1) is 13.7. The molecule has 2 aromatic carbocycles. The molecule has 0 spiro atoms. The van der Waals surface area contributed by atoms with Gasteiger partial charge in [0.15, 0.2) is 5.82 Å². The third kappa shape index (κ3) is 3.64. The lowest BCUT2D eigenvalue weighted by Crippen LogP contribution is -1.90. The average Bonchev–Trinajstić information content (AvgIpc) is 2.96. The molecular weight excluding hydrogens is 284 g/mol. The zero-order chi connectivity index (χ0) is 14.5. The van der Waals surface area contributed by atoms with Crippen LogP contribution < -0.4 is 0 Å². The summed E-state index contributed by atoms with van der Waals surface area (Å²) in [4.78, 5) is 5.52. The van der Waals surface area contributed by atoms with E-state index in [0.717, 1.165) is 5.56 Å². The Balaban J connectivity index is 1.63. The molecule has 21 heavy (non-hydrogen) atoms. The molecular formula is C16H14N2O2S. The van der Waals surface area contributed by atoms with Crippen LogP contribution in [-0.2, 0) is 12.2 Å². The number of phenolic OH excluding ortho intramolecular Hbond substituents is 1. The summed E-state index contributed by atoms with van der Waals surface area (Å²) >= 11 is 1.66. The smallest absolute Gasteiger partial charge is 0.231 e. The Kier molecular flexibility index (Phi) is 4.21. The first-order valence-electron chi connectivity index (χ1n) is 6.57. The standard InChI is InChI=1S/C16H14N2O2S/c19-14-9-5-4-6-12(14)10-16-17-15(18-20-16)11-21-13-7-2-1-3-8-13/h1-9,19H,10-11H2. The number of hydrogen-bond acceptors (Lipinski definition) is 5. The molecule has 106 valence electrons. The number of aromatic nitrogens is 2. The van der Waals surface area contributed by atoms with Crippen LogP contribution in [0.5, 0.6) is 5.75 Å². The lowest BCUT2D eigenvalue weighted by Gasteiger charge is -1.99. The van der Waals surface area contributed by atoms with Gasteiger partial charge in [-0.1, -0.05) is 41.6 Å². The van der Waals surface area contributed by atoms with Crippen LogP contribution in [-0.4, -0.2) is 15.2 Å². The number of phenols is 1. The van der Waals surface area contributed by atoms with Gasteiger partial charge in [0.2, 0.25) is 5.89 Å². The van der Waals surface area contributed by atoms with Gasteiger partial charge in [0.05, 0.1) is 12.2 Å². The normalized spacial score (nSPS) is 10.7. The van der Waals surface area contributed by atoms with E-state index in [1.54, 1.807) is 23.9 Å². The van der Waals surface area contributed by atoms with Crippen molar-refractivity contribution in [2.75, 3.05) is 0 Å². The molecule has 3 rings (SSSR count). The van der Waals surface area contributed by atoms with Crippen LogP contribution in [0.1, 0.15) is 17.3 Å². The zero-order valence-electron chi connectivity index (χ0n) is 11.3. The number of hydrogen-bond donors (Lipinski definition) is 1. The average molecular weight is 298 g/mol. The number of benzene rings is 2. The largest absolute Gasteiger partial charge is 0.508 e. The van der Waals surface area contributed by atoms with Gasteiger partial charge in [-0.25, -0.2) is 0 Å². The van der Waals surface area contributed by atoms with Crippen molar-refractivity contribution < 1.29 is 9.63 Å². The number of para-hydroxylation sites is 1. The highest BCUT2D eigenvalue weighted by atomic mass is 32.2. The van der Waals surface area contributed by atoms with E-state index in [1.807, 2.05) is 42.5 Å². The van der Waals surface area contributed by atoms with Gasteiger partial charge in [0.1, 0.15) is 5.75 Å². The van der Waals surface area contributed by atoms with Gasteiger partial charge in [0.25, 0.3) is 0 Å². The monoisotopic (exact) mass is 298 g/mol. The molecule has 1 heterocycles. The minimum absolute atomic E-state index is 0.246. The van der Waals surface area contributed by atoms with E-state index in [9.17, 15) is 5.11 Å². The summed E-state index contributed by atoms with van der Waals surface area (Å²) in [5, 5.41) is 13.7. The molecule has 0 aliphatic rings. The molecule has 0 amide bonds. The van der Waals surface area contributed by atoms with Crippen LogP contribution >= 0.6 is 11.8 Å². The minimum Gasteiger partial charge on any atom is -0.508 e. The Morgan fingerprint density at radius 2 is 1.76 bits per heavy atom. The molecule has 4 nitrogen and oxygen atoms in total. The van der Waals surface area contributed by atoms with Crippen molar-refractivity contribution in [1.29, 1.82) is 0 Å².